The third-order valence-electron chi connectivity index (χ3n) is 5.00. The Kier molecular flexibility index (Phi) is 5.45. The molecule has 0 spiro atoms. The molecule has 0 saturated carbocycles. The summed E-state index contributed by atoms with van der Waals surface area (Å²) in [6.45, 7) is 6.70. The van der Waals surface area contributed by atoms with Gasteiger partial charge in [-0.2, -0.15) is 0 Å². The van der Waals surface area contributed by atoms with Gasteiger partial charge in [0.2, 0.25) is 5.91 Å². The highest BCUT2D eigenvalue weighted by Gasteiger charge is 2.25. The summed E-state index contributed by atoms with van der Waals surface area (Å²) in [4.78, 5) is 28.7. The van der Waals surface area contributed by atoms with Crippen molar-refractivity contribution in [1.29, 1.82) is 0 Å². The average Bonchev–Trinajstić information content (AvgIpc) is 3.08. The molecule has 2 heterocycles. The van der Waals surface area contributed by atoms with E-state index in [1.807, 2.05) is 52.0 Å². The van der Waals surface area contributed by atoms with E-state index in [1.54, 1.807) is 0 Å². The lowest BCUT2D eigenvalue weighted by Crippen LogP contribution is -2.50. The molecule has 138 valence electrons. The van der Waals surface area contributed by atoms with Gasteiger partial charge < -0.3 is 14.4 Å². The summed E-state index contributed by atoms with van der Waals surface area (Å²) < 4.78 is 1.87. The van der Waals surface area contributed by atoms with E-state index in [9.17, 15) is 9.59 Å². The Hall–Kier alpha value is -2.56. The first-order valence-electron chi connectivity index (χ1n) is 9.22. The molecule has 0 aliphatic carbocycles. The van der Waals surface area contributed by atoms with Crippen LogP contribution >= 0.6 is 0 Å². The topological polar surface area (TPSA) is 45.6 Å². The predicted octanol–water partition coefficient (Wildman–Crippen LogP) is 2.68. The second kappa shape index (κ2) is 7.77. The number of amides is 2. The van der Waals surface area contributed by atoms with Gasteiger partial charge in [-0.15, -0.1) is 0 Å². The Labute approximate surface area is 155 Å². The molecule has 0 atom stereocenters. The van der Waals surface area contributed by atoms with Crippen LogP contribution in [0.1, 0.15) is 41.3 Å². The van der Waals surface area contributed by atoms with Gasteiger partial charge in [0.05, 0.1) is 12.0 Å². The first-order valence-corrected chi connectivity index (χ1v) is 9.22. The van der Waals surface area contributed by atoms with Gasteiger partial charge in [0.1, 0.15) is 0 Å². The summed E-state index contributed by atoms with van der Waals surface area (Å²) >= 11 is 0. The zero-order chi connectivity index (χ0) is 18.7. The van der Waals surface area contributed by atoms with Gasteiger partial charge in [-0.05, 0) is 23.1 Å². The van der Waals surface area contributed by atoms with Crippen LogP contribution in [-0.4, -0.2) is 52.4 Å². The molecule has 0 N–H and O–H groups in total. The van der Waals surface area contributed by atoms with Crippen molar-refractivity contribution < 1.29 is 9.59 Å². The maximum atomic E-state index is 12.6. The number of aromatic nitrogens is 1. The van der Waals surface area contributed by atoms with Crippen LogP contribution in [0.2, 0.25) is 0 Å². The van der Waals surface area contributed by atoms with Crippen molar-refractivity contribution in [2.45, 2.75) is 26.2 Å². The molecule has 0 radical (unpaired) electrons. The van der Waals surface area contributed by atoms with Crippen molar-refractivity contribution in [1.82, 2.24) is 14.4 Å². The largest absolute Gasteiger partial charge is 0.356 e. The highest BCUT2D eigenvalue weighted by atomic mass is 16.2. The monoisotopic (exact) mass is 353 g/mol. The number of carbonyl (C=O) groups is 2. The molecule has 1 aliphatic rings. The quantitative estimate of drug-likeness (QED) is 0.848. The number of hydrogen-bond donors (Lipinski definition) is 0. The van der Waals surface area contributed by atoms with Gasteiger partial charge in [-0.3, -0.25) is 9.59 Å². The third-order valence-corrected chi connectivity index (χ3v) is 5.00. The van der Waals surface area contributed by atoms with Gasteiger partial charge in [-0.25, -0.2) is 0 Å². The van der Waals surface area contributed by atoms with Gasteiger partial charge in [0.15, 0.2) is 0 Å². The lowest BCUT2D eigenvalue weighted by Gasteiger charge is -2.34. The van der Waals surface area contributed by atoms with E-state index in [4.69, 9.17) is 0 Å². The van der Waals surface area contributed by atoms with Crippen LogP contribution in [0.3, 0.4) is 0 Å². The van der Waals surface area contributed by atoms with Gasteiger partial charge >= 0.3 is 0 Å². The fourth-order valence-corrected chi connectivity index (χ4v) is 3.28. The van der Waals surface area contributed by atoms with E-state index in [1.165, 1.54) is 5.56 Å². The van der Waals surface area contributed by atoms with Crippen LogP contribution in [-0.2, 0) is 18.3 Å². The summed E-state index contributed by atoms with van der Waals surface area (Å²) in [5.74, 6) is 0.672. The molecule has 5 nitrogen and oxygen atoms in total. The minimum absolute atomic E-state index is 0.0435. The Morgan fingerprint density at radius 1 is 0.962 bits per heavy atom. The van der Waals surface area contributed by atoms with E-state index in [2.05, 4.69) is 26.0 Å². The molecule has 1 saturated heterocycles. The van der Waals surface area contributed by atoms with Crippen LogP contribution in [0.5, 0.6) is 0 Å². The van der Waals surface area contributed by atoms with Crippen molar-refractivity contribution in [2.24, 2.45) is 7.05 Å². The molecule has 26 heavy (non-hydrogen) atoms. The van der Waals surface area contributed by atoms with E-state index < -0.39 is 0 Å². The molecule has 2 amide bonds. The average molecular weight is 353 g/mol. The number of carbonyl (C=O) groups excluding carboxylic acids is 2. The molecule has 1 fully saturated rings. The number of rotatable bonds is 4. The number of benzene rings is 1. The number of piperazine rings is 1. The molecule has 1 aliphatic heterocycles. The number of nitrogens with zero attached hydrogens (tertiary/aromatic N) is 3. The van der Waals surface area contributed by atoms with Crippen molar-refractivity contribution in [3.63, 3.8) is 0 Å². The van der Waals surface area contributed by atoms with Crippen molar-refractivity contribution in [2.75, 3.05) is 26.2 Å². The Morgan fingerprint density at radius 3 is 2.12 bits per heavy atom. The molecule has 0 bridgehead atoms. The Bertz CT molecular complexity index is 769. The minimum atomic E-state index is 0.0435. The molecule has 1 aromatic heterocycles. The summed E-state index contributed by atoms with van der Waals surface area (Å²) in [6.07, 6.45) is 4.13. The number of aryl methyl sites for hydroxylation is 1. The molecular weight excluding hydrogens is 326 g/mol. The lowest BCUT2D eigenvalue weighted by molar-refractivity contribution is -0.131. The smallest absolute Gasteiger partial charge is 0.255 e. The van der Waals surface area contributed by atoms with Crippen molar-refractivity contribution in [3.8, 4) is 0 Å². The first-order chi connectivity index (χ1) is 12.4. The van der Waals surface area contributed by atoms with Gasteiger partial charge in [0, 0.05) is 45.6 Å². The normalized spacial score (nSPS) is 14.8. The maximum absolute atomic E-state index is 12.6. The second-order valence-corrected chi connectivity index (χ2v) is 7.31. The standard InChI is InChI=1S/C21H27N3O2/c1-16(2)18-6-4-17(5-7-18)14-20(25)23-10-12-24(13-11-23)21(26)19-8-9-22(3)15-19/h4-9,15-16H,10-14H2,1-3H3. The summed E-state index contributed by atoms with van der Waals surface area (Å²) in [6, 6.07) is 10.1. The zero-order valence-electron chi connectivity index (χ0n) is 15.8. The summed E-state index contributed by atoms with van der Waals surface area (Å²) in [7, 11) is 1.90. The van der Waals surface area contributed by atoms with E-state index in [0.717, 1.165) is 5.56 Å². The van der Waals surface area contributed by atoms with Crippen LogP contribution < -0.4 is 0 Å². The first kappa shape index (κ1) is 18.2. The van der Waals surface area contributed by atoms with Crippen LogP contribution in [0.4, 0.5) is 0 Å². The molecule has 1 aromatic carbocycles. The van der Waals surface area contributed by atoms with E-state index >= 15 is 0 Å². The highest BCUT2D eigenvalue weighted by Crippen LogP contribution is 2.16. The van der Waals surface area contributed by atoms with Crippen LogP contribution in [0.15, 0.2) is 42.7 Å². The highest BCUT2D eigenvalue weighted by molar-refractivity contribution is 5.94. The van der Waals surface area contributed by atoms with Crippen molar-refractivity contribution >= 4 is 11.8 Å². The minimum Gasteiger partial charge on any atom is -0.356 e. The summed E-state index contributed by atoms with van der Waals surface area (Å²) in [5.41, 5.74) is 3.04. The summed E-state index contributed by atoms with van der Waals surface area (Å²) in [5, 5.41) is 0. The number of hydrogen-bond acceptors (Lipinski definition) is 2. The molecule has 3 rings (SSSR count). The van der Waals surface area contributed by atoms with Gasteiger partial charge in [0.25, 0.3) is 5.91 Å². The molecular formula is C21H27N3O2. The Balaban J connectivity index is 1.52. The van der Waals surface area contributed by atoms with Crippen molar-refractivity contribution in [3.05, 3.63) is 59.4 Å². The maximum Gasteiger partial charge on any atom is 0.255 e. The second-order valence-electron chi connectivity index (χ2n) is 7.31. The van der Waals surface area contributed by atoms with E-state index in [0.29, 0.717) is 44.1 Å². The van der Waals surface area contributed by atoms with Gasteiger partial charge in [-0.1, -0.05) is 38.1 Å². The Morgan fingerprint density at radius 2 is 1.58 bits per heavy atom. The van der Waals surface area contributed by atoms with E-state index in [-0.39, 0.29) is 11.8 Å². The predicted molar refractivity (Wildman–Crippen MR) is 102 cm³/mol. The lowest BCUT2D eigenvalue weighted by atomic mass is 10.0. The van der Waals surface area contributed by atoms with Crippen LogP contribution in [0.25, 0.3) is 0 Å². The zero-order valence-corrected chi connectivity index (χ0v) is 15.8. The third kappa shape index (κ3) is 4.15. The fourth-order valence-electron chi connectivity index (χ4n) is 3.28. The molecule has 5 heteroatoms. The van der Waals surface area contributed by atoms with Crippen LogP contribution in [0, 0.1) is 0 Å². The molecule has 2 aromatic rings. The molecule has 0 unspecified atom stereocenters. The fraction of sp³-hybridized carbons (Fsp3) is 0.429. The SMILES string of the molecule is CC(C)c1ccc(CC(=O)N2CCN(C(=O)c3ccn(C)c3)CC2)cc1.